The Balaban J connectivity index is 1.74. The quantitative estimate of drug-likeness (QED) is 0.403. The molecule has 1 aliphatic rings. The molecule has 2 atom stereocenters. The van der Waals surface area contributed by atoms with Gasteiger partial charge in [0.15, 0.2) is 0 Å². The standard InChI is InChI=1S/C25H29N5O3S/c1-5-8-16-14-26-25(31)19-13-21(29-22(16)19)18-9-7-10-20-23(18)30-24(15(3)27-20)28-17(6-2)11-12-34(4,32)33/h5-7,9-10,13,16-17,29H,1-2,8,11-12,14H2,3-4H3,(H,26,31)(H,28,30)/t16-,17?/m0/s1. The van der Waals surface area contributed by atoms with Crippen LogP contribution in [-0.2, 0) is 9.84 Å². The van der Waals surface area contributed by atoms with Gasteiger partial charge >= 0.3 is 0 Å². The van der Waals surface area contributed by atoms with Crippen LogP contribution in [0, 0.1) is 6.92 Å². The summed E-state index contributed by atoms with van der Waals surface area (Å²) in [6.45, 7) is 10.1. The molecule has 8 nitrogen and oxygen atoms in total. The zero-order valence-electron chi connectivity index (χ0n) is 19.4. The predicted octanol–water partition coefficient (Wildman–Crippen LogP) is 3.74. The van der Waals surface area contributed by atoms with Crippen molar-refractivity contribution in [1.82, 2.24) is 20.3 Å². The van der Waals surface area contributed by atoms with E-state index in [0.717, 1.165) is 28.9 Å². The summed E-state index contributed by atoms with van der Waals surface area (Å²) in [4.78, 5) is 25.5. The lowest BCUT2D eigenvalue weighted by atomic mass is 9.94. The van der Waals surface area contributed by atoms with E-state index in [1.54, 1.807) is 6.08 Å². The molecule has 1 aliphatic heterocycles. The van der Waals surface area contributed by atoms with Crippen molar-refractivity contribution in [2.75, 3.05) is 23.9 Å². The number of aryl methyl sites for hydroxylation is 1. The first kappa shape index (κ1) is 23.7. The van der Waals surface area contributed by atoms with Gasteiger partial charge in [-0.05, 0) is 31.9 Å². The lowest BCUT2D eigenvalue weighted by molar-refractivity contribution is 0.0940. The third kappa shape index (κ3) is 4.89. The van der Waals surface area contributed by atoms with E-state index in [9.17, 15) is 13.2 Å². The summed E-state index contributed by atoms with van der Waals surface area (Å²) in [5.41, 5.74) is 5.28. The molecule has 1 aromatic carbocycles. The maximum Gasteiger partial charge on any atom is 0.253 e. The highest BCUT2D eigenvalue weighted by atomic mass is 32.2. The van der Waals surface area contributed by atoms with Crippen molar-refractivity contribution in [3.8, 4) is 11.3 Å². The van der Waals surface area contributed by atoms with Crippen LogP contribution in [0.25, 0.3) is 22.3 Å². The molecule has 34 heavy (non-hydrogen) atoms. The molecular formula is C25H29N5O3S. The summed E-state index contributed by atoms with van der Waals surface area (Å²) >= 11 is 0. The Morgan fingerprint density at radius 2 is 2.06 bits per heavy atom. The summed E-state index contributed by atoms with van der Waals surface area (Å²) in [6.07, 6.45) is 5.89. The highest BCUT2D eigenvalue weighted by Gasteiger charge is 2.28. The van der Waals surface area contributed by atoms with Gasteiger partial charge in [0, 0.05) is 41.7 Å². The van der Waals surface area contributed by atoms with Crippen molar-refractivity contribution in [2.24, 2.45) is 0 Å². The number of H-pyrrole nitrogens is 1. The first-order chi connectivity index (χ1) is 16.2. The Bertz CT molecular complexity index is 1380. The first-order valence-corrected chi connectivity index (χ1v) is 13.2. The number of aromatic amines is 1. The molecular weight excluding hydrogens is 450 g/mol. The molecule has 0 fully saturated rings. The fourth-order valence-electron chi connectivity index (χ4n) is 4.23. The van der Waals surface area contributed by atoms with Gasteiger partial charge in [-0.1, -0.05) is 24.3 Å². The van der Waals surface area contributed by atoms with Gasteiger partial charge in [-0.25, -0.2) is 18.4 Å². The minimum absolute atomic E-state index is 0.0456. The molecule has 0 saturated carbocycles. The number of carbonyl (C=O) groups is 1. The molecule has 0 radical (unpaired) electrons. The molecule has 3 heterocycles. The third-order valence-electron chi connectivity index (χ3n) is 6.03. The van der Waals surface area contributed by atoms with E-state index in [-0.39, 0.29) is 23.6 Å². The number of aromatic nitrogens is 3. The van der Waals surface area contributed by atoms with Gasteiger partial charge in [0.05, 0.1) is 22.5 Å². The summed E-state index contributed by atoms with van der Waals surface area (Å²) in [5, 5.41) is 6.22. The van der Waals surface area contributed by atoms with Crippen LogP contribution in [-0.4, -0.2) is 53.9 Å². The van der Waals surface area contributed by atoms with Gasteiger partial charge in [-0.3, -0.25) is 4.79 Å². The molecule has 4 rings (SSSR count). The second-order valence-electron chi connectivity index (χ2n) is 8.68. The van der Waals surface area contributed by atoms with Crippen molar-refractivity contribution in [2.45, 2.75) is 31.7 Å². The summed E-state index contributed by atoms with van der Waals surface area (Å²) in [6, 6.07) is 7.35. The molecule has 0 spiro atoms. The number of carbonyl (C=O) groups excluding carboxylic acids is 1. The fourth-order valence-corrected chi connectivity index (χ4v) is 4.91. The largest absolute Gasteiger partial charge is 0.362 e. The van der Waals surface area contributed by atoms with Crippen LogP contribution in [0.2, 0.25) is 0 Å². The molecule has 2 aromatic heterocycles. The van der Waals surface area contributed by atoms with Crippen LogP contribution in [0.5, 0.6) is 0 Å². The zero-order valence-corrected chi connectivity index (χ0v) is 20.2. The smallest absolute Gasteiger partial charge is 0.253 e. The monoisotopic (exact) mass is 479 g/mol. The predicted molar refractivity (Wildman–Crippen MR) is 136 cm³/mol. The van der Waals surface area contributed by atoms with Crippen molar-refractivity contribution in [3.05, 3.63) is 66.5 Å². The van der Waals surface area contributed by atoms with Crippen LogP contribution in [0.3, 0.4) is 0 Å². The van der Waals surface area contributed by atoms with Gasteiger partial charge < -0.3 is 15.6 Å². The molecule has 178 valence electrons. The Morgan fingerprint density at radius 1 is 1.26 bits per heavy atom. The number of anilines is 1. The number of allylic oxidation sites excluding steroid dienone is 1. The lowest BCUT2D eigenvalue weighted by Crippen LogP contribution is -2.34. The molecule has 1 unspecified atom stereocenters. The van der Waals surface area contributed by atoms with Gasteiger partial charge in [0.2, 0.25) is 0 Å². The Morgan fingerprint density at radius 3 is 2.76 bits per heavy atom. The molecule has 0 aliphatic carbocycles. The second kappa shape index (κ2) is 9.42. The summed E-state index contributed by atoms with van der Waals surface area (Å²) in [7, 11) is -3.09. The van der Waals surface area contributed by atoms with Gasteiger partial charge in [-0.15, -0.1) is 13.2 Å². The van der Waals surface area contributed by atoms with E-state index in [1.807, 2.05) is 37.3 Å². The lowest BCUT2D eigenvalue weighted by Gasteiger charge is -2.21. The van der Waals surface area contributed by atoms with Crippen LogP contribution >= 0.6 is 0 Å². The second-order valence-corrected chi connectivity index (χ2v) is 10.9. The Labute approximate surface area is 199 Å². The highest BCUT2D eigenvalue weighted by molar-refractivity contribution is 7.90. The number of amides is 1. The maximum atomic E-state index is 12.5. The minimum atomic E-state index is -3.09. The average Bonchev–Trinajstić information content (AvgIpc) is 3.24. The number of nitrogens with zero attached hydrogens (tertiary/aromatic N) is 2. The number of para-hydroxylation sites is 1. The van der Waals surface area contributed by atoms with Gasteiger partial charge in [0.1, 0.15) is 21.2 Å². The molecule has 9 heteroatoms. The minimum Gasteiger partial charge on any atom is -0.362 e. The summed E-state index contributed by atoms with van der Waals surface area (Å²) in [5.74, 6) is 0.658. The van der Waals surface area contributed by atoms with Crippen LogP contribution in [0.4, 0.5) is 5.82 Å². The van der Waals surface area contributed by atoms with Crippen molar-refractivity contribution in [1.29, 1.82) is 0 Å². The average molecular weight is 480 g/mol. The van der Waals surface area contributed by atoms with Crippen molar-refractivity contribution >= 4 is 32.6 Å². The number of rotatable bonds is 9. The highest BCUT2D eigenvalue weighted by Crippen LogP contribution is 2.34. The van der Waals surface area contributed by atoms with Crippen molar-refractivity contribution in [3.63, 3.8) is 0 Å². The van der Waals surface area contributed by atoms with Gasteiger partial charge in [-0.2, -0.15) is 0 Å². The van der Waals surface area contributed by atoms with Crippen LogP contribution in [0.15, 0.2) is 49.6 Å². The number of benzene rings is 1. The first-order valence-electron chi connectivity index (χ1n) is 11.2. The van der Waals surface area contributed by atoms with E-state index in [0.29, 0.717) is 35.6 Å². The molecule has 0 bridgehead atoms. The van der Waals surface area contributed by atoms with Crippen molar-refractivity contribution < 1.29 is 13.2 Å². The van der Waals surface area contributed by atoms with E-state index >= 15 is 0 Å². The fraction of sp³-hybridized carbons (Fsp3) is 0.320. The molecule has 3 N–H and O–H groups in total. The summed E-state index contributed by atoms with van der Waals surface area (Å²) < 4.78 is 23.2. The Kier molecular flexibility index (Phi) is 6.56. The normalized spacial score (nSPS) is 16.5. The maximum absolute atomic E-state index is 12.5. The molecule has 3 aromatic rings. The zero-order chi connectivity index (χ0) is 24.5. The third-order valence-corrected chi connectivity index (χ3v) is 7.00. The van der Waals surface area contributed by atoms with E-state index in [1.165, 1.54) is 6.26 Å². The number of hydrogen-bond donors (Lipinski definition) is 3. The van der Waals surface area contributed by atoms with Crippen LogP contribution < -0.4 is 10.6 Å². The number of sulfone groups is 1. The molecule has 0 saturated heterocycles. The van der Waals surface area contributed by atoms with E-state index in [2.05, 4.69) is 28.8 Å². The molecule has 1 amide bonds. The topological polar surface area (TPSA) is 117 Å². The number of nitrogens with one attached hydrogen (secondary N) is 3. The Hall–Kier alpha value is -3.46. The van der Waals surface area contributed by atoms with E-state index in [4.69, 9.17) is 9.97 Å². The van der Waals surface area contributed by atoms with Crippen LogP contribution in [0.1, 0.15) is 40.5 Å². The number of fused-ring (bicyclic) bond motifs is 2. The SMILES string of the molecule is C=CC[C@H]1CNC(=O)c2cc(-c3cccc4nc(C)c(NC(C=C)CCS(C)(=O)=O)nc34)[nH]c21. The van der Waals surface area contributed by atoms with Gasteiger partial charge in [0.25, 0.3) is 5.91 Å². The number of hydrogen-bond acceptors (Lipinski definition) is 6. The van der Waals surface area contributed by atoms with E-state index < -0.39 is 9.84 Å².